The zero-order valence-electron chi connectivity index (χ0n) is 10.1. The molecule has 0 atom stereocenters. The van der Waals surface area contributed by atoms with Crippen molar-refractivity contribution in [3.05, 3.63) is 33.5 Å². The largest absolute Gasteiger partial charge is 0.496 e. The Morgan fingerprint density at radius 1 is 1.42 bits per heavy atom. The fraction of sp³-hybridized carbons (Fsp3) is 0.250. The molecule has 0 saturated carbocycles. The molecular weight excluding hydrogens is 250 g/mol. The summed E-state index contributed by atoms with van der Waals surface area (Å²) >= 11 is 0. The van der Waals surface area contributed by atoms with Crippen molar-refractivity contribution in [2.75, 3.05) is 13.7 Å². The second-order valence-electron chi connectivity index (χ2n) is 4.31. The van der Waals surface area contributed by atoms with Crippen LogP contribution in [0.3, 0.4) is 0 Å². The number of amides is 1. The quantitative estimate of drug-likeness (QED) is 0.630. The first-order chi connectivity index (χ1) is 9.11. The number of methoxy groups -OCH3 is 1. The van der Waals surface area contributed by atoms with E-state index < -0.39 is 4.92 Å². The van der Waals surface area contributed by atoms with E-state index in [9.17, 15) is 14.9 Å². The summed E-state index contributed by atoms with van der Waals surface area (Å²) in [4.78, 5) is 25.2. The van der Waals surface area contributed by atoms with Gasteiger partial charge < -0.3 is 15.0 Å². The van der Waals surface area contributed by atoms with Gasteiger partial charge in [-0.05, 0) is 18.1 Å². The molecule has 1 amide bonds. The number of carbonyl (C=O) groups is 1. The molecule has 1 aliphatic heterocycles. The van der Waals surface area contributed by atoms with Crippen LogP contribution in [0.1, 0.15) is 16.1 Å². The Hall–Kier alpha value is -2.57. The van der Waals surface area contributed by atoms with Crippen molar-refractivity contribution in [2.45, 2.75) is 6.42 Å². The summed E-state index contributed by atoms with van der Waals surface area (Å²) in [5.74, 6) is 0.178. The Labute approximate surface area is 107 Å². The number of nitrogens with one attached hydrogen (secondary N) is 2. The van der Waals surface area contributed by atoms with Crippen LogP contribution in [-0.2, 0) is 6.42 Å². The first-order valence-electron chi connectivity index (χ1n) is 5.77. The molecule has 0 spiro atoms. The number of carbonyl (C=O) groups excluding carboxylic acids is 1. The first-order valence-corrected chi connectivity index (χ1v) is 5.77. The lowest BCUT2D eigenvalue weighted by atomic mass is 10.0. The number of rotatable bonds is 2. The van der Waals surface area contributed by atoms with E-state index in [0.717, 1.165) is 5.56 Å². The van der Waals surface area contributed by atoms with Crippen molar-refractivity contribution in [3.63, 3.8) is 0 Å². The second kappa shape index (κ2) is 3.98. The third-order valence-corrected chi connectivity index (χ3v) is 3.29. The minimum Gasteiger partial charge on any atom is -0.496 e. The fourth-order valence-electron chi connectivity index (χ4n) is 2.41. The molecule has 98 valence electrons. The molecule has 7 nitrogen and oxygen atoms in total. The number of nitro groups is 1. The van der Waals surface area contributed by atoms with Crippen LogP contribution in [0.5, 0.6) is 5.75 Å². The molecule has 3 rings (SSSR count). The van der Waals surface area contributed by atoms with Crippen molar-refractivity contribution in [1.82, 2.24) is 10.3 Å². The molecule has 7 heteroatoms. The number of H-pyrrole nitrogens is 1. The number of hydrogen-bond donors (Lipinski definition) is 2. The van der Waals surface area contributed by atoms with Gasteiger partial charge in [-0.2, -0.15) is 0 Å². The van der Waals surface area contributed by atoms with Gasteiger partial charge in [-0.15, -0.1) is 0 Å². The summed E-state index contributed by atoms with van der Waals surface area (Å²) in [6.45, 7) is 0.532. The highest BCUT2D eigenvalue weighted by molar-refractivity contribution is 6.04. The van der Waals surface area contributed by atoms with Gasteiger partial charge >= 0.3 is 0 Å². The maximum Gasteiger partial charge on any atom is 0.297 e. The number of non-ortho nitro benzene ring substituents is 1. The van der Waals surface area contributed by atoms with E-state index in [0.29, 0.717) is 35.3 Å². The Balaban J connectivity index is 2.37. The summed E-state index contributed by atoms with van der Waals surface area (Å²) in [5.41, 5.74) is 1.49. The van der Waals surface area contributed by atoms with E-state index in [4.69, 9.17) is 4.74 Å². The lowest BCUT2D eigenvalue weighted by Crippen LogP contribution is -2.31. The van der Waals surface area contributed by atoms with Gasteiger partial charge in [0.1, 0.15) is 17.0 Å². The number of ether oxygens (including phenoxy) is 1. The van der Waals surface area contributed by atoms with Crippen molar-refractivity contribution < 1.29 is 14.5 Å². The van der Waals surface area contributed by atoms with E-state index in [1.807, 2.05) is 0 Å². The van der Waals surface area contributed by atoms with Crippen LogP contribution in [0.25, 0.3) is 10.9 Å². The van der Waals surface area contributed by atoms with Gasteiger partial charge in [-0.1, -0.05) is 0 Å². The summed E-state index contributed by atoms with van der Waals surface area (Å²) in [5, 5.41) is 14.5. The molecule has 2 heterocycles. The minimum atomic E-state index is -0.481. The fourth-order valence-corrected chi connectivity index (χ4v) is 2.41. The number of aromatic amines is 1. The third-order valence-electron chi connectivity index (χ3n) is 3.29. The maximum atomic E-state index is 11.7. The minimum absolute atomic E-state index is 0.0865. The number of benzene rings is 1. The predicted octanol–water partition coefficient (Wildman–Crippen LogP) is 1.37. The van der Waals surface area contributed by atoms with E-state index in [1.54, 1.807) is 6.07 Å². The zero-order chi connectivity index (χ0) is 13.6. The van der Waals surface area contributed by atoms with Gasteiger partial charge in [0.25, 0.3) is 11.6 Å². The molecule has 0 bridgehead atoms. The molecule has 19 heavy (non-hydrogen) atoms. The molecule has 1 aromatic carbocycles. The number of aromatic nitrogens is 1. The summed E-state index contributed by atoms with van der Waals surface area (Å²) in [6, 6.07) is 3.07. The van der Waals surface area contributed by atoms with Crippen LogP contribution in [0.2, 0.25) is 0 Å². The Kier molecular flexibility index (Phi) is 2.41. The highest BCUT2D eigenvalue weighted by atomic mass is 16.6. The van der Waals surface area contributed by atoms with Crippen LogP contribution in [0.15, 0.2) is 12.1 Å². The SMILES string of the molecule is COc1cc([N+](=O)[O-])c2[nH]c3c(c2c1)CCNC3=O. The zero-order valence-corrected chi connectivity index (χ0v) is 10.1. The molecule has 2 N–H and O–H groups in total. The van der Waals surface area contributed by atoms with Crippen LogP contribution in [0.4, 0.5) is 5.69 Å². The molecule has 2 aromatic rings. The van der Waals surface area contributed by atoms with Crippen LogP contribution in [0, 0.1) is 10.1 Å². The number of nitrogens with zero attached hydrogens (tertiary/aromatic N) is 1. The summed E-state index contributed by atoms with van der Waals surface area (Å²) < 4.78 is 5.08. The molecular formula is C12H11N3O4. The first kappa shape index (κ1) is 11.5. The normalized spacial score (nSPS) is 14.1. The Morgan fingerprint density at radius 2 is 2.21 bits per heavy atom. The van der Waals surface area contributed by atoms with Gasteiger partial charge in [0, 0.05) is 11.9 Å². The van der Waals surface area contributed by atoms with E-state index in [1.165, 1.54) is 13.2 Å². The molecule has 1 aromatic heterocycles. The van der Waals surface area contributed by atoms with E-state index in [2.05, 4.69) is 10.3 Å². The molecule has 0 aliphatic carbocycles. The van der Waals surface area contributed by atoms with E-state index >= 15 is 0 Å². The lowest BCUT2D eigenvalue weighted by Gasteiger charge is -2.11. The molecule has 0 unspecified atom stereocenters. The highest BCUT2D eigenvalue weighted by Gasteiger charge is 2.26. The van der Waals surface area contributed by atoms with Gasteiger partial charge in [0.2, 0.25) is 0 Å². The van der Waals surface area contributed by atoms with Gasteiger partial charge in [-0.25, -0.2) is 0 Å². The second-order valence-corrected chi connectivity index (χ2v) is 4.31. The predicted molar refractivity (Wildman–Crippen MR) is 67.5 cm³/mol. The number of nitro benzene ring substituents is 1. The van der Waals surface area contributed by atoms with Crippen molar-refractivity contribution in [1.29, 1.82) is 0 Å². The highest BCUT2D eigenvalue weighted by Crippen LogP contribution is 2.35. The van der Waals surface area contributed by atoms with E-state index in [-0.39, 0.29) is 11.6 Å². The van der Waals surface area contributed by atoms with Gasteiger partial charge in [0.05, 0.1) is 18.1 Å². The maximum absolute atomic E-state index is 11.7. The average molecular weight is 261 g/mol. The number of fused-ring (bicyclic) bond motifs is 3. The van der Waals surface area contributed by atoms with Crippen molar-refractivity contribution >= 4 is 22.5 Å². The Morgan fingerprint density at radius 3 is 2.89 bits per heavy atom. The van der Waals surface area contributed by atoms with Crippen LogP contribution >= 0.6 is 0 Å². The van der Waals surface area contributed by atoms with Crippen LogP contribution in [-0.4, -0.2) is 29.5 Å². The van der Waals surface area contributed by atoms with Crippen molar-refractivity contribution in [2.24, 2.45) is 0 Å². The standard InChI is InChI=1S/C12H11N3O4/c1-19-6-4-8-7-2-3-13-12(16)11(7)14-10(8)9(5-6)15(17)18/h4-5,14H,2-3H2,1H3,(H,13,16). The molecule has 0 radical (unpaired) electrons. The molecule has 1 aliphatic rings. The topological polar surface area (TPSA) is 97.3 Å². The van der Waals surface area contributed by atoms with Crippen molar-refractivity contribution in [3.8, 4) is 5.75 Å². The van der Waals surface area contributed by atoms with Crippen LogP contribution < -0.4 is 10.1 Å². The number of hydrogen-bond acceptors (Lipinski definition) is 4. The summed E-state index contributed by atoms with van der Waals surface area (Å²) in [6.07, 6.45) is 0.644. The smallest absolute Gasteiger partial charge is 0.297 e. The monoisotopic (exact) mass is 261 g/mol. The molecule has 0 fully saturated rings. The third kappa shape index (κ3) is 1.62. The Bertz CT molecular complexity index is 705. The van der Waals surface area contributed by atoms with Gasteiger partial charge in [0.15, 0.2) is 0 Å². The lowest BCUT2D eigenvalue weighted by molar-refractivity contribution is -0.383. The average Bonchev–Trinajstić information content (AvgIpc) is 2.77. The summed E-state index contributed by atoms with van der Waals surface area (Å²) in [7, 11) is 1.46. The van der Waals surface area contributed by atoms with Gasteiger partial charge in [-0.3, -0.25) is 14.9 Å². The molecule has 0 saturated heterocycles.